The van der Waals surface area contributed by atoms with Crippen molar-refractivity contribution >= 4 is 43.2 Å². The van der Waals surface area contributed by atoms with Gasteiger partial charge in [-0.3, -0.25) is 0 Å². The lowest BCUT2D eigenvalue weighted by Gasteiger charge is -1.66. The Bertz CT molecular complexity index is 10.8. The van der Waals surface area contributed by atoms with E-state index in [1.54, 1.807) is 0 Å². The molecule has 6 heavy (non-hydrogen) atoms. The second-order valence-electron chi connectivity index (χ2n) is 0.724. The van der Waals surface area contributed by atoms with Crippen LogP contribution in [0.4, 0.5) is 0 Å². The van der Waals surface area contributed by atoms with Crippen LogP contribution in [0.2, 0.25) is 0 Å². The summed E-state index contributed by atoms with van der Waals surface area (Å²) in [5.74, 6) is 0. The molecule has 0 fully saturated rings. The van der Waals surface area contributed by atoms with E-state index in [1.807, 2.05) is 0 Å². The van der Waals surface area contributed by atoms with Gasteiger partial charge in [0.05, 0.1) is 0 Å². The van der Waals surface area contributed by atoms with Crippen LogP contribution in [0.25, 0.3) is 0 Å². The van der Waals surface area contributed by atoms with Gasteiger partial charge >= 0.3 is 0 Å². The molecule has 3 heteroatoms. The number of hydrogen-bond acceptors (Lipinski definition) is 0. The van der Waals surface area contributed by atoms with Crippen molar-refractivity contribution < 1.29 is 0 Å². The van der Waals surface area contributed by atoms with E-state index >= 15 is 0 Å². The third-order valence-electron chi connectivity index (χ3n) is 0.224. The number of hydrogen-bond donors (Lipinski definition) is 0. The predicted molar refractivity (Wildman–Crippen MR) is 42.7 cm³/mol. The first-order valence-corrected chi connectivity index (χ1v) is 2.16. The standard InChI is InChI=1S/C3H7P.2BrH/c1-2-3-4;;/h2-3H2,1H3;2*1H. The Morgan fingerprint density at radius 2 is 1.50 bits per heavy atom. The molecular weight excluding hydrogens is 227 g/mol. The molecule has 0 spiro atoms. The molecule has 0 unspecified atom stereocenters. The highest BCUT2D eigenvalue weighted by Crippen LogP contribution is 1.80. The smallest absolute Gasteiger partial charge is 0.0244 e. The van der Waals surface area contributed by atoms with Crippen LogP contribution in [0.15, 0.2) is 0 Å². The summed E-state index contributed by atoms with van der Waals surface area (Å²) in [6.45, 7) is 2.10. The molecule has 0 saturated carbocycles. The highest BCUT2D eigenvalue weighted by Gasteiger charge is 1.58. The quantitative estimate of drug-likeness (QED) is 0.614. The van der Waals surface area contributed by atoms with Gasteiger partial charge in [0.15, 0.2) is 0 Å². The molecular formula is C3H9Br2P. The minimum atomic E-state index is 0. The second kappa shape index (κ2) is 16.2. The summed E-state index contributed by atoms with van der Waals surface area (Å²) in [4.78, 5) is 0. The topological polar surface area (TPSA) is 0 Å². The van der Waals surface area contributed by atoms with Crippen LogP contribution >= 0.6 is 43.2 Å². The monoisotopic (exact) mass is 234 g/mol. The molecule has 0 aromatic heterocycles. The van der Waals surface area contributed by atoms with E-state index in [2.05, 4.69) is 16.2 Å². The Balaban J connectivity index is -0.0000000450. The summed E-state index contributed by atoms with van der Waals surface area (Å²) < 4.78 is 0. The van der Waals surface area contributed by atoms with E-state index in [9.17, 15) is 0 Å². The third-order valence-corrected chi connectivity index (χ3v) is 0.671. The maximum Gasteiger partial charge on any atom is -0.0244 e. The van der Waals surface area contributed by atoms with Crippen molar-refractivity contribution in [2.45, 2.75) is 13.3 Å². The summed E-state index contributed by atoms with van der Waals surface area (Å²) in [6, 6.07) is 0. The van der Waals surface area contributed by atoms with Crippen LogP contribution in [0.3, 0.4) is 0 Å². The Morgan fingerprint density at radius 1 is 1.33 bits per heavy atom. The van der Waals surface area contributed by atoms with Crippen molar-refractivity contribution in [1.82, 2.24) is 0 Å². The maximum atomic E-state index is 3.92. The van der Waals surface area contributed by atoms with E-state index < -0.39 is 0 Å². The Kier molecular flexibility index (Phi) is 42.2. The van der Waals surface area contributed by atoms with Crippen molar-refractivity contribution in [3.8, 4) is 0 Å². The Hall–Kier alpha value is 1.39. The molecule has 0 aliphatic rings. The van der Waals surface area contributed by atoms with Crippen LogP contribution in [0, 0.1) is 0 Å². The van der Waals surface area contributed by atoms with Crippen molar-refractivity contribution in [2.24, 2.45) is 0 Å². The summed E-state index contributed by atoms with van der Waals surface area (Å²) in [5, 5.41) is 0. The van der Waals surface area contributed by atoms with Crippen LogP contribution < -0.4 is 0 Å². The van der Waals surface area contributed by atoms with Crippen molar-refractivity contribution in [2.75, 3.05) is 6.16 Å². The highest BCUT2D eigenvalue weighted by molar-refractivity contribution is 8.93. The van der Waals surface area contributed by atoms with Gasteiger partial charge in [-0.15, -0.1) is 34.0 Å². The molecule has 0 saturated heterocycles. The van der Waals surface area contributed by atoms with Crippen molar-refractivity contribution in [1.29, 1.82) is 0 Å². The molecule has 0 amide bonds. The van der Waals surface area contributed by atoms with Crippen molar-refractivity contribution in [3.63, 3.8) is 0 Å². The van der Waals surface area contributed by atoms with E-state index in [0.29, 0.717) is 0 Å². The lowest BCUT2D eigenvalue weighted by atomic mass is 10.6. The van der Waals surface area contributed by atoms with Gasteiger partial charge in [0.1, 0.15) is 0 Å². The predicted octanol–water partition coefficient (Wildman–Crippen LogP) is 2.96. The minimum absolute atomic E-state index is 0. The molecule has 0 aromatic carbocycles. The summed E-state index contributed by atoms with van der Waals surface area (Å²) >= 11 is 0. The van der Waals surface area contributed by atoms with Gasteiger partial charge in [-0.05, 0) is 15.4 Å². The average molecular weight is 236 g/mol. The second-order valence-corrected chi connectivity index (χ2v) is 1.17. The zero-order valence-electron chi connectivity index (χ0n) is 3.68. The summed E-state index contributed by atoms with van der Waals surface area (Å²) in [7, 11) is 3.92. The third kappa shape index (κ3) is 18.2. The molecule has 0 aromatic rings. The van der Waals surface area contributed by atoms with Gasteiger partial charge in [0.2, 0.25) is 0 Å². The molecule has 0 aliphatic carbocycles. The molecule has 0 heterocycles. The minimum Gasteiger partial charge on any atom is -0.114 e. The van der Waals surface area contributed by atoms with E-state index in [0.717, 1.165) is 6.16 Å². The largest absolute Gasteiger partial charge is 0.114 e. The summed E-state index contributed by atoms with van der Waals surface area (Å²) in [5.41, 5.74) is 0. The molecule has 0 atom stereocenters. The van der Waals surface area contributed by atoms with E-state index in [-0.39, 0.29) is 34.0 Å². The van der Waals surface area contributed by atoms with Gasteiger partial charge in [0, 0.05) is 0 Å². The fourth-order valence-corrected chi connectivity index (χ4v) is 0. The molecule has 0 rings (SSSR count). The molecule has 0 N–H and O–H groups in total. The van der Waals surface area contributed by atoms with Gasteiger partial charge in [0.25, 0.3) is 0 Å². The normalized spacial score (nSPS) is 5.00. The SMILES string of the molecule is Br.Br.CCC[P]. The van der Waals surface area contributed by atoms with E-state index in [4.69, 9.17) is 0 Å². The molecule has 0 aliphatic heterocycles. The Morgan fingerprint density at radius 3 is 1.50 bits per heavy atom. The van der Waals surface area contributed by atoms with Crippen molar-refractivity contribution in [3.05, 3.63) is 0 Å². The first kappa shape index (κ1) is 15.7. The zero-order chi connectivity index (χ0) is 3.41. The van der Waals surface area contributed by atoms with Gasteiger partial charge < -0.3 is 0 Å². The Labute approximate surface area is 62.8 Å². The molecule has 0 nitrogen and oxygen atoms in total. The van der Waals surface area contributed by atoms with Crippen LogP contribution in [0.1, 0.15) is 13.3 Å². The fourth-order valence-electron chi connectivity index (χ4n) is 0. The summed E-state index contributed by atoms with van der Waals surface area (Å²) in [6.07, 6.45) is 2.20. The lowest BCUT2D eigenvalue weighted by Crippen LogP contribution is -1.54. The maximum absolute atomic E-state index is 3.92. The van der Waals surface area contributed by atoms with E-state index in [1.165, 1.54) is 6.42 Å². The van der Waals surface area contributed by atoms with Crippen LogP contribution in [-0.4, -0.2) is 6.16 Å². The number of halogens is 2. The number of rotatable bonds is 1. The van der Waals surface area contributed by atoms with Gasteiger partial charge in [-0.25, -0.2) is 0 Å². The molecule has 2 radical (unpaired) electrons. The molecule has 0 bridgehead atoms. The lowest BCUT2D eigenvalue weighted by molar-refractivity contribution is 1.11. The van der Waals surface area contributed by atoms with Crippen LogP contribution in [-0.2, 0) is 0 Å². The first-order valence-electron chi connectivity index (χ1n) is 1.52. The van der Waals surface area contributed by atoms with Gasteiger partial charge in [-0.2, -0.15) is 0 Å². The highest BCUT2D eigenvalue weighted by atomic mass is 79.9. The average Bonchev–Trinajstić information content (AvgIpc) is 1.37. The fraction of sp³-hybridized carbons (Fsp3) is 1.00. The zero-order valence-corrected chi connectivity index (χ0v) is 8.00. The first-order chi connectivity index (χ1) is 1.91. The van der Waals surface area contributed by atoms with Gasteiger partial charge in [-0.1, -0.05) is 13.3 Å². The van der Waals surface area contributed by atoms with Crippen LogP contribution in [0.5, 0.6) is 0 Å². The molecule has 40 valence electrons.